The van der Waals surface area contributed by atoms with Crippen LogP contribution in [0.4, 0.5) is 0 Å². The molecule has 0 aromatic heterocycles. The van der Waals surface area contributed by atoms with Crippen molar-refractivity contribution in [3.63, 3.8) is 0 Å². The summed E-state index contributed by atoms with van der Waals surface area (Å²) in [6.45, 7) is 21.1. The van der Waals surface area contributed by atoms with Gasteiger partial charge in [0.1, 0.15) is 0 Å². The van der Waals surface area contributed by atoms with E-state index in [9.17, 15) is 0 Å². The van der Waals surface area contributed by atoms with Crippen LogP contribution in [0, 0.1) is 0 Å². The second-order valence-electron chi connectivity index (χ2n) is 7.47. The molecule has 6 heteroatoms. The van der Waals surface area contributed by atoms with E-state index in [1.54, 1.807) is 0 Å². The molecule has 0 N–H and O–H groups in total. The first kappa shape index (κ1) is 26.0. The average Bonchev–Trinajstić information content (AvgIpc) is 2.78. The third-order valence-electron chi connectivity index (χ3n) is 5.07. The molecule has 33 heavy (non-hydrogen) atoms. The van der Waals surface area contributed by atoms with Crippen molar-refractivity contribution in [3.8, 4) is 34.5 Å². The van der Waals surface area contributed by atoms with E-state index < -0.39 is 5.41 Å². The summed E-state index contributed by atoms with van der Waals surface area (Å²) in [5.74, 6) is 3.42. The fraction of sp³-hybridized carbons (Fsp3) is 0.407. The molecule has 0 bridgehead atoms. The molecule has 0 aliphatic rings. The van der Waals surface area contributed by atoms with Crippen LogP contribution in [0.1, 0.15) is 52.7 Å². The summed E-state index contributed by atoms with van der Waals surface area (Å²) < 4.78 is 35.3. The van der Waals surface area contributed by atoms with E-state index in [0.29, 0.717) is 60.9 Å². The number of benzene rings is 2. The Balaban J connectivity index is 2.81. The Morgan fingerprint density at radius 1 is 0.606 bits per heavy atom. The first-order chi connectivity index (χ1) is 15.9. The maximum absolute atomic E-state index is 6.11. The van der Waals surface area contributed by atoms with Crippen LogP contribution in [0.5, 0.6) is 34.5 Å². The van der Waals surface area contributed by atoms with Gasteiger partial charge in [-0.1, -0.05) is 39.1 Å². The molecule has 0 saturated carbocycles. The Kier molecular flexibility index (Phi) is 9.52. The maximum atomic E-state index is 6.11. The molecule has 180 valence electrons. The van der Waals surface area contributed by atoms with Crippen LogP contribution in [-0.4, -0.2) is 26.4 Å². The third kappa shape index (κ3) is 5.56. The summed E-state index contributed by atoms with van der Waals surface area (Å²) in [5.41, 5.74) is 1.29. The molecule has 6 nitrogen and oxygen atoms in total. The van der Waals surface area contributed by atoms with Gasteiger partial charge in [-0.3, -0.25) is 0 Å². The van der Waals surface area contributed by atoms with E-state index in [0.717, 1.165) is 11.1 Å². The molecular formula is C27H36O6. The minimum absolute atomic E-state index is 0.462. The molecule has 0 atom stereocenters. The molecule has 0 heterocycles. The van der Waals surface area contributed by atoms with Crippen molar-refractivity contribution < 1.29 is 28.4 Å². The smallest absolute Gasteiger partial charge is 0.204 e. The van der Waals surface area contributed by atoms with E-state index in [1.807, 2.05) is 52.0 Å². The van der Waals surface area contributed by atoms with Gasteiger partial charge in [0.25, 0.3) is 0 Å². The van der Waals surface area contributed by atoms with E-state index in [4.69, 9.17) is 28.4 Å². The predicted octanol–water partition coefficient (Wildman–Crippen LogP) is 6.65. The molecule has 0 aliphatic carbocycles. The minimum Gasteiger partial charge on any atom is -0.490 e. The molecule has 0 amide bonds. The highest BCUT2D eigenvalue weighted by molar-refractivity contribution is 5.64. The average molecular weight is 457 g/mol. The molecule has 2 rings (SSSR count). The van der Waals surface area contributed by atoms with Gasteiger partial charge in [0.2, 0.25) is 11.5 Å². The molecule has 2 aromatic carbocycles. The van der Waals surface area contributed by atoms with Gasteiger partial charge in [0.15, 0.2) is 23.0 Å². The van der Waals surface area contributed by atoms with Crippen LogP contribution in [0.15, 0.2) is 49.9 Å². The van der Waals surface area contributed by atoms with Gasteiger partial charge >= 0.3 is 0 Å². The van der Waals surface area contributed by atoms with Crippen molar-refractivity contribution in [2.24, 2.45) is 0 Å². The number of hydrogen-bond donors (Lipinski definition) is 0. The summed E-state index contributed by atoms with van der Waals surface area (Å²) in [6.07, 6.45) is 2.75. The van der Waals surface area contributed by atoms with Crippen LogP contribution in [-0.2, 0) is 5.41 Å². The van der Waals surface area contributed by atoms with Gasteiger partial charge in [-0.15, -0.1) is 0 Å². The normalized spacial score (nSPS) is 10.8. The number of rotatable bonds is 14. The lowest BCUT2D eigenvalue weighted by Gasteiger charge is -2.32. The van der Waals surface area contributed by atoms with Crippen molar-refractivity contribution in [1.82, 2.24) is 0 Å². The SMILES string of the molecule is C=COc1ccc(C(C)(C)c2ccc(OC=C)c(OCC)c2OCC)c(OCC)c1OCC. The summed E-state index contributed by atoms with van der Waals surface area (Å²) in [5, 5.41) is 0. The van der Waals surface area contributed by atoms with Crippen molar-refractivity contribution in [2.75, 3.05) is 26.4 Å². The van der Waals surface area contributed by atoms with Crippen molar-refractivity contribution in [2.45, 2.75) is 47.0 Å². The van der Waals surface area contributed by atoms with Gasteiger partial charge in [0, 0.05) is 16.5 Å². The number of hydrogen-bond acceptors (Lipinski definition) is 6. The minimum atomic E-state index is -0.549. The molecule has 0 spiro atoms. The molecule has 0 aliphatic heterocycles. The summed E-state index contributed by atoms with van der Waals surface area (Å²) >= 11 is 0. The molecule has 2 aromatic rings. The highest BCUT2D eigenvalue weighted by Crippen LogP contribution is 2.51. The lowest BCUT2D eigenvalue weighted by Crippen LogP contribution is -2.22. The van der Waals surface area contributed by atoms with Gasteiger partial charge in [-0.25, -0.2) is 0 Å². The fourth-order valence-corrected chi connectivity index (χ4v) is 3.72. The topological polar surface area (TPSA) is 55.4 Å². The van der Waals surface area contributed by atoms with Crippen molar-refractivity contribution in [1.29, 1.82) is 0 Å². The molecular weight excluding hydrogens is 420 g/mol. The quantitative estimate of drug-likeness (QED) is 0.297. The zero-order valence-electron chi connectivity index (χ0n) is 20.7. The maximum Gasteiger partial charge on any atom is 0.204 e. The second-order valence-corrected chi connectivity index (χ2v) is 7.47. The molecule has 0 fully saturated rings. The van der Waals surface area contributed by atoms with Gasteiger partial charge in [-0.05, 0) is 39.8 Å². The highest BCUT2D eigenvalue weighted by Gasteiger charge is 2.35. The van der Waals surface area contributed by atoms with Crippen LogP contribution < -0.4 is 28.4 Å². The second kappa shape index (κ2) is 12.1. The van der Waals surface area contributed by atoms with Gasteiger partial charge in [-0.2, -0.15) is 0 Å². The van der Waals surface area contributed by atoms with E-state index in [-0.39, 0.29) is 0 Å². The lowest BCUT2D eigenvalue weighted by molar-refractivity contribution is 0.266. The van der Waals surface area contributed by atoms with Gasteiger partial charge in [0.05, 0.1) is 39.0 Å². The molecule has 0 unspecified atom stereocenters. The van der Waals surface area contributed by atoms with E-state index in [1.165, 1.54) is 12.5 Å². The van der Waals surface area contributed by atoms with Crippen LogP contribution in [0.2, 0.25) is 0 Å². The van der Waals surface area contributed by atoms with E-state index in [2.05, 4.69) is 27.0 Å². The predicted molar refractivity (Wildman–Crippen MR) is 131 cm³/mol. The fourth-order valence-electron chi connectivity index (χ4n) is 3.72. The monoisotopic (exact) mass is 456 g/mol. The third-order valence-corrected chi connectivity index (χ3v) is 5.07. The standard InChI is InChI=1S/C27H36O6/c1-9-28-21-17-15-19(23(30-11-3)25(21)32-13-5)27(7,8)20-16-18-22(29-10-2)26(33-14-6)24(20)31-12-4/h9-10,15-18H,1-2,11-14H2,3-8H3. The van der Waals surface area contributed by atoms with Crippen molar-refractivity contribution >= 4 is 0 Å². The van der Waals surface area contributed by atoms with Gasteiger partial charge < -0.3 is 28.4 Å². The summed E-state index contributed by atoms with van der Waals surface area (Å²) in [6, 6.07) is 7.70. The van der Waals surface area contributed by atoms with Crippen LogP contribution in [0.3, 0.4) is 0 Å². The highest BCUT2D eigenvalue weighted by atomic mass is 16.5. The molecule has 0 radical (unpaired) electrons. The first-order valence-corrected chi connectivity index (χ1v) is 11.3. The Bertz CT molecular complexity index is 873. The van der Waals surface area contributed by atoms with E-state index >= 15 is 0 Å². The number of ether oxygens (including phenoxy) is 6. The Morgan fingerprint density at radius 2 is 0.939 bits per heavy atom. The Hall–Kier alpha value is -3.28. The zero-order chi connectivity index (χ0) is 24.4. The molecule has 0 saturated heterocycles. The Morgan fingerprint density at radius 3 is 1.24 bits per heavy atom. The largest absolute Gasteiger partial charge is 0.490 e. The lowest BCUT2D eigenvalue weighted by atomic mass is 9.76. The first-order valence-electron chi connectivity index (χ1n) is 11.3. The summed E-state index contributed by atoms with van der Waals surface area (Å²) in [7, 11) is 0. The zero-order valence-corrected chi connectivity index (χ0v) is 20.7. The van der Waals surface area contributed by atoms with Crippen LogP contribution in [0.25, 0.3) is 0 Å². The van der Waals surface area contributed by atoms with Crippen LogP contribution >= 0.6 is 0 Å². The Labute approximate surface area is 197 Å². The van der Waals surface area contributed by atoms with Crippen molar-refractivity contribution in [3.05, 3.63) is 61.1 Å². The summed E-state index contributed by atoms with van der Waals surface area (Å²) in [4.78, 5) is 0.